The highest BCUT2D eigenvalue weighted by Gasteiger charge is 2.19. The number of nitrogens with one attached hydrogen (secondary N) is 1. The van der Waals surface area contributed by atoms with Crippen LogP contribution in [0.4, 0.5) is 0 Å². The van der Waals surface area contributed by atoms with E-state index < -0.39 is 0 Å². The van der Waals surface area contributed by atoms with Gasteiger partial charge in [0.25, 0.3) is 0 Å². The second-order valence-corrected chi connectivity index (χ2v) is 7.26. The Hall–Kier alpha value is -0.510. The van der Waals surface area contributed by atoms with E-state index in [2.05, 4.69) is 67.1 Å². The van der Waals surface area contributed by atoms with E-state index in [-0.39, 0.29) is 0 Å². The lowest BCUT2D eigenvalue weighted by Gasteiger charge is -2.23. The van der Waals surface area contributed by atoms with E-state index in [1.165, 1.54) is 29.1 Å². The molecule has 0 aliphatic carbocycles. The second-order valence-electron chi connectivity index (χ2n) is 6.11. The lowest BCUT2D eigenvalue weighted by molar-refractivity contribution is 0.254. The molecule has 1 atom stereocenters. The normalized spacial score (nSPS) is 19.1. The molecule has 1 aliphatic rings. The number of nitrogens with zero attached hydrogens (tertiary/aromatic N) is 1. The Labute approximate surface area is 128 Å². The van der Waals surface area contributed by atoms with Gasteiger partial charge < -0.3 is 5.32 Å². The van der Waals surface area contributed by atoms with Gasteiger partial charge in [-0.2, -0.15) is 11.8 Å². The molecule has 112 valence electrons. The molecule has 1 unspecified atom stereocenters. The van der Waals surface area contributed by atoms with Crippen LogP contribution < -0.4 is 5.32 Å². The van der Waals surface area contributed by atoms with Crippen LogP contribution in [0, 0.1) is 0 Å². The first-order chi connectivity index (χ1) is 9.65. The predicted octanol–water partition coefficient (Wildman–Crippen LogP) is 3.16. The van der Waals surface area contributed by atoms with Gasteiger partial charge in [-0.3, -0.25) is 4.90 Å². The van der Waals surface area contributed by atoms with Crippen LogP contribution >= 0.6 is 11.8 Å². The Bertz CT molecular complexity index is 382. The zero-order valence-electron chi connectivity index (χ0n) is 13.1. The molecule has 1 saturated heterocycles. The van der Waals surface area contributed by atoms with E-state index in [1.807, 2.05) is 0 Å². The Morgan fingerprint density at radius 2 is 1.95 bits per heavy atom. The highest BCUT2D eigenvalue weighted by molar-refractivity contribution is 7.99. The SMILES string of the molecule is CC(C)NCCc1ccc(CN(C)C2CCSC2)cc1. The lowest BCUT2D eigenvalue weighted by atomic mass is 10.1. The average Bonchev–Trinajstić information content (AvgIpc) is 2.94. The molecule has 0 radical (unpaired) electrons. The van der Waals surface area contributed by atoms with Crippen molar-refractivity contribution >= 4 is 11.8 Å². The van der Waals surface area contributed by atoms with Gasteiger partial charge >= 0.3 is 0 Å². The van der Waals surface area contributed by atoms with Crippen molar-refractivity contribution in [3.8, 4) is 0 Å². The third kappa shape index (κ3) is 5.12. The summed E-state index contributed by atoms with van der Waals surface area (Å²) in [7, 11) is 2.26. The van der Waals surface area contributed by atoms with Crippen molar-refractivity contribution in [2.24, 2.45) is 0 Å². The van der Waals surface area contributed by atoms with Crippen molar-refractivity contribution in [2.45, 2.75) is 45.3 Å². The van der Waals surface area contributed by atoms with Crippen molar-refractivity contribution in [3.05, 3.63) is 35.4 Å². The maximum absolute atomic E-state index is 3.47. The third-order valence-corrected chi connectivity index (χ3v) is 5.10. The average molecular weight is 292 g/mol. The monoisotopic (exact) mass is 292 g/mol. The van der Waals surface area contributed by atoms with Gasteiger partial charge in [0.05, 0.1) is 0 Å². The minimum Gasteiger partial charge on any atom is -0.314 e. The fraction of sp³-hybridized carbons (Fsp3) is 0.647. The van der Waals surface area contributed by atoms with Crippen LogP contribution in [0.3, 0.4) is 0 Å². The van der Waals surface area contributed by atoms with Crippen LogP contribution in [0.15, 0.2) is 24.3 Å². The molecule has 2 rings (SSSR count). The van der Waals surface area contributed by atoms with E-state index in [0.29, 0.717) is 6.04 Å². The van der Waals surface area contributed by atoms with Gasteiger partial charge in [0.2, 0.25) is 0 Å². The van der Waals surface area contributed by atoms with Crippen LogP contribution in [0.25, 0.3) is 0 Å². The van der Waals surface area contributed by atoms with Gasteiger partial charge in [0.1, 0.15) is 0 Å². The molecule has 20 heavy (non-hydrogen) atoms. The number of hydrogen-bond acceptors (Lipinski definition) is 3. The molecule has 1 heterocycles. The van der Waals surface area contributed by atoms with E-state index in [0.717, 1.165) is 25.6 Å². The zero-order chi connectivity index (χ0) is 14.4. The van der Waals surface area contributed by atoms with Gasteiger partial charge in [-0.25, -0.2) is 0 Å². The van der Waals surface area contributed by atoms with Gasteiger partial charge in [-0.05, 0) is 43.3 Å². The summed E-state index contributed by atoms with van der Waals surface area (Å²) in [6, 6.07) is 10.5. The Morgan fingerprint density at radius 1 is 1.25 bits per heavy atom. The highest BCUT2D eigenvalue weighted by Crippen LogP contribution is 2.22. The molecule has 1 N–H and O–H groups in total. The van der Waals surface area contributed by atoms with Gasteiger partial charge in [0, 0.05) is 24.4 Å². The third-order valence-electron chi connectivity index (χ3n) is 3.95. The van der Waals surface area contributed by atoms with Crippen molar-refractivity contribution in [1.82, 2.24) is 10.2 Å². The van der Waals surface area contributed by atoms with E-state index in [9.17, 15) is 0 Å². The fourth-order valence-corrected chi connectivity index (χ4v) is 3.90. The van der Waals surface area contributed by atoms with E-state index in [4.69, 9.17) is 0 Å². The van der Waals surface area contributed by atoms with Gasteiger partial charge in [-0.15, -0.1) is 0 Å². The number of thioether (sulfide) groups is 1. The molecule has 1 aromatic carbocycles. The quantitative estimate of drug-likeness (QED) is 0.831. The van der Waals surface area contributed by atoms with Crippen LogP contribution in [-0.2, 0) is 13.0 Å². The summed E-state index contributed by atoms with van der Waals surface area (Å²) in [6.07, 6.45) is 2.47. The molecule has 0 amide bonds. The largest absolute Gasteiger partial charge is 0.314 e. The molecular formula is C17H28N2S. The summed E-state index contributed by atoms with van der Waals surface area (Å²) in [6.45, 7) is 6.53. The molecule has 0 aromatic heterocycles. The highest BCUT2D eigenvalue weighted by atomic mass is 32.2. The molecule has 0 saturated carbocycles. The summed E-state index contributed by atoms with van der Waals surface area (Å²) in [5, 5.41) is 3.47. The predicted molar refractivity (Wildman–Crippen MR) is 90.5 cm³/mol. The van der Waals surface area contributed by atoms with Crippen LogP contribution in [0.2, 0.25) is 0 Å². The summed E-state index contributed by atoms with van der Waals surface area (Å²) in [5.74, 6) is 2.63. The summed E-state index contributed by atoms with van der Waals surface area (Å²) >= 11 is 2.09. The maximum atomic E-state index is 3.47. The molecule has 0 bridgehead atoms. The van der Waals surface area contributed by atoms with Crippen LogP contribution in [-0.4, -0.2) is 42.1 Å². The zero-order valence-corrected chi connectivity index (χ0v) is 13.9. The van der Waals surface area contributed by atoms with E-state index in [1.54, 1.807) is 0 Å². The maximum Gasteiger partial charge on any atom is 0.0233 e. The van der Waals surface area contributed by atoms with Crippen molar-refractivity contribution in [2.75, 3.05) is 25.1 Å². The van der Waals surface area contributed by atoms with Crippen molar-refractivity contribution < 1.29 is 0 Å². The molecular weight excluding hydrogens is 264 g/mol. The molecule has 1 aromatic rings. The smallest absolute Gasteiger partial charge is 0.0233 e. The summed E-state index contributed by atoms with van der Waals surface area (Å²) < 4.78 is 0. The number of hydrogen-bond donors (Lipinski definition) is 1. The Kier molecular flexibility index (Phi) is 6.40. The molecule has 3 heteroatoms. The first-order valence-corrected chi connectivity index (χ1v) is 8.90. The fourth-order valence-electron chi connectivity index (χ4n) is 2.60. The molecule has 1 fully saturated rings. The van der Waals surface area contributed by atoms with Crippen LogP contribution in [0.1, 0.15) is 31.4 Å². The van der Waals surface area contributed by atoms with Gasteiger partial charge in [0.15, 0.2) is 0 Å². The van der Waals surface area contributed by atoms with Gasteiger partial charge in [-0.1, -0.05) is 38.1 Å². The van der Waals surface area contributed by atoms with Crippen LogP contribution in [0.5, 0.6) is 0 Å². The van der Waals surface area contributed by atoms with Crippen molar-refractivity contribution in [3.63, 3.8) is 0 Å². The first kappa shape index (κ1) is 15.9. The topological polar surface area (TPSA) is 15.3 Å². The number of benzene rings is 1. The molecule has 1 aliphatic heterocycles. The molecule has 2 nitrogen and oxygen atoms in total. The number of rotatable bonds is 7. The minimum absolute atomic E-state index is 0.576. The summed E-state index contributed by atoms with van der Waals surface area (Å²) in [4.78, 5) is 2.51. The standard InChI is InChI=1S/C17H28N2S/c1-14(2)18-10-8-15-4-6-16(7-5-15)12-19(3)17-9-11-20-13-17/h4-7,14,17-18H,8-13H2,1-3H3. The Balaban J connectivity index is 1.78. The first-order valence-electron chi connectivity index (χ1n) is 7.74. The van der Waals surface area contributed by atoms with E-state index >= 15 is 0 Å². The second kappa shape index (κ2) is 8.06. The summed E-state index contributed by atoms with van der Waals surface area (Å²) in [5.41, 5.74) is 2.87. The lowest BCUT2D eigenvalue weighted by Crippen LogP contribution is -2.30. The molecule has 0 spiro atoms. The van der Waals surface area contributed by atoms with Crippen molar-refractivity contribution in [1.29, 1.82) is 0 Å². The minimum atomic E-state index is 0.576. The Morgan fingerprint density at radius 3 is 2.55 bits per heavy atom.